The van der Waals surface area contributed by atoms with Crippen molar-refractivity contribution in [2.45, 2.75) is 26.2 Å². The summed E-state index contributed by atoms with van der Waals surface area (Å²) in [5.41, 5.74) is 7.28. The van der Waals surface area contributed by atoms with E-state index in [1.165, 1.54) is 21.7 Å². The predicted molar refractivity (Wildman–Crippen MR) is 167 cm³/mol. The molecule has 0 saturated heterocycles. The maximum atomic E-state index is 6.45. The number of fused-ring (bicyclic) bond motifs is 8. The second-order valence-corrected chi connectivity index (χ2v) is 11.8. The second-order valence-electron chi connectivity index (χ2n) is 11.8. The molecule has 194 valence electrons. The van der Waals surface area contributed by atoms with Crippen molar-refractivity contribution in [2.24, 2.45) is 0 Å². The summed E-state index contributed by atoms with van der Waals surface area (Å²) in [5.74, 6) is 0.856. The lowest BCUT2D eigenvalue weighted by atomic mass is 9.86. The van der Waals surface area contributed by atoms with E-state index in [9.17, 15) is 0 Å². The minimum Gasteiger partial charge on any atom is -0.497 e. The van der Waals surface area contributed by atoms with Crippen LogP contribution in [0.4, 0.5) is 0 Å². The van der Waals surface area contributed by atoms with Crippen LogP contribution in [-0.2, 0) is 5.41 Å². The van der Waals surface area contributed by atoms with Crippen LogP contribution in [-0.4, -0.2) is 7.11 Å². The van der Waals surface area contributed by atoms with Crippen LogP contribution in [0, 0.1) is 0 Å². The van der Waals surface area contributed by atoms with Crippen LogP contribution < -0.4 is 4.74 Å². The van der Waals surface area contributed by atoms with E-state index in [0.29, 0.717) is 0 Å². The van der Waals surface area contributed by atoms with Gasteiger partial charge in [-0.15, -0.1) is 0 Å². The summed E-state index contributed by atoms with van der Waals surface area (Å²) in [7, 11) is 1.69. The summed E-state index contributed by atoms with van der Waals surface area (Å²) in [6.07, 6.45) is 0. The smallest absolute Gasteiger partial charge is 0.136 e. The number of rotatable bonds is 2. The minimum absolute atomic E-state index is 0.101. The molecule has 0 spiro atoms. The molecule has 0 aliphatic heterocycles. The van der Waals surface area contributed by atoms with Gasteiger partial charge in [0.2, 0.25) is 0 Å². The molecule has 0 atom stereocenters. The first kappa shape index (κ1) is 23.2. The van der Waals surface area contributed by atoms with Crippen LogP contribution in [0.3, 0.4) is 0 Å². The van der Waals surface area contributed by atoms with Gasteiger partial charge in [0.25, 0.3) is 0 Å². The zero-order valence-corrected chi connectivity index (χ0v) is 23.0. The summed E-state index contributed by atoms with van der Waals surface area (Å²) in [6, 6.07) is 34.6. The molecular weight excluding hydrogens is 492 g/mol. The molecule has 2 heterocycles. The second kappa shape index (κ2) is 8.12. The summed E-state index contributed by atoms with van der Waals surface area (Å²) >= 11 is 0. The number of methoxy groups -OCH3 is 1. The molecular formula is C37H28O3. The predicted octanol–water partition coefficient (Wildman–Crippen LogP) is 10.8. The Kier molecular flexibility index (Phi) is 4.70. The van der Waals surface area contributed by atoms with Gasteiger partial charge in [0.1, 0.15) is 28.1 Å². The van der Waals surface area contributed by atoms with Crippen molar-refractivity contribution in [2.75, 3.05) is 7.11 Å². The first-order chi connectivity index (χ1) is 19.3. The van der Waals surface area contributed by atoms with Gasteiger partial charge < -0.3 is 13.6 Å². The van der Waals surface area contributed by atoms with Gasteiger partial charge in [0.15, 0.2) is 0 Å². The highest BCUT2D eigenvalue weighted by Crippen LogP contribution is 2.40. The van der Waals surface area contributed by atoms with Gasteiger partial charge in [-0.05, 0) is 98.2 Å². The average Bonchev–Trinajstić information content (AvgIpc) is 3.48. The van der Waals surface area contributed by atoms with E-state index < -0.39 is 0 Å². The fourth-order valence-corrected chi connectivity index (χ4v) is 5.96. The van der Waals surface area contributed by atoms with Gasteiger partial charge >= 0.3 is 0 Å². The van der Waals surface area contributed by atoms with Gasteiger partial charge in [-0.1, -0.05) is 63.2 Å². The van der Waals surface area contributed by atoms with E-state index in [1.54, 1.807) is 7.11 Å². The lowest BCUT2D eigenvalue weighted by molar-refractivity contribution is 0.415. The number of hydrogen-bond acceptors (Lipinski definition) is 3. The molecule has 0 aliphatic carbocycles. The first-order valence-corrected chi connectivity index (χ1v) is 13.7. The highest BCUT2D eigenvalue weighted by Gasteiger charge is 2.17. The molecule has 0 N–H and O–H groups in total. The van der Waals surface area contributed by atoms with Crippen LogP contribution in [0.2, 0.25) is 0 Å². The zero-order valence-electron chi connectivity index (χ0n) is 23.0. The van der Waals surface area contributed by atoms with Gasteiger partial charge in [0.05, 0.1) is 7.11 Å². The lowest BCUT2D eigenvalue weighted by Crippen LogP contribution is -2.10. The molecule has 8 aromatic rings. The third kappa shape index (κ3) is 3.51. The molecule has 3 nitrogen and oxygen atoms in total. The maximum Gasteiger partial charge on any atom is 0.136 e. The third-order valence-electron chi connectivity index (χ3n) is 8.27. The SMILES string of the molecule is COc1ccc(-c2ccc3cc4c(cc3c2)oc2cc3c(cc24)oc2cc4cc(C(C)(C)C)ccc4cc23)cc1. The highest BCUT2D eigenvalue weighted by atomic mass is 16.5. The number of benzene rings is 6. The fraction of sp³-hybridized carbons (Fsp3) is 0.135. The normalized spacial score (nSPS) is 12.5. The highest BCUT2D eigenvalue weighted by molar-refractivity contribution is 6.18. The number of furan rings is 2. The topological polar surface area (TPSA) is 35.5 Å². The molecule has 0 saturated carbocycles. The lowest BCUT2D eigenvalue weighted by Gasteiger charge is -2.19. The van der Waals surface area contributed by atoms with Crippen LogP contribution in [0.1, 0.15) is 26.3 Å². The van der Waals surface area contributed by atoms with E-state index in [4.69, 9.17) is 13.6 Å². The van der Waals surface area contributed by atoms with Gasteiger partial charge in [-0.25, -0.2) is 0 Å². The van der Waals surface area contributed by atoms with E-state index in [-0.39, 0.29) is 5.41 Å². The Morgan fingerprint density at radius 3 is 1.55 bits per heavy atom. The fourth-order valence-electron chi connectivity index (χ4n) is 5.96. The molecule has 3 heteroatoms. The Morgan fingerprint density at radius 1 is 0.475 bits per heavy atom. The molecule has 0 bridgehead atoms. The van der Waals surface area contributed by atoms with E-state index in [1.807, 2.05) is 12.1 Å². The van der Waals surface area contributed by atoms with E-state index in [2.05, 4.69) is 106 Å². The largest absolute Gasteiger partial charge is 0.497 e. The summed E-state index contributed by atoms with van der Waals surface area (Å²) in [5, 5.41) is 9.11. The Labute approximate surface area is 231 Å². The van der Waals surface area contributed by atoms with Crippen LogP contribution in [0.15, 0.2) is 106 Å². The Morgan fingerprint density at radius 2 is 0.975 bits per heavy atom. The van der Waals surface area contributed by atoms with Crippen molar-refractivity contribution >= 4 is 65.4 Å². The zero-order chi connectivity index (χ0) is 27.2. The van der Waals surface area contributed by atoms with Gasteiger partial charge in [-0.2, -0.15) is 0 Å². The molecule has 0 amide bonds. The molecule has 0 fully saturated rings. The minimum atomic E-state index is 0.101. The molecule has 0 unspecified atom stereocenters. The van der Waals surface area contributed by atoms with Crippen molar-refractivity contribution in [3.8, 4) is 16.9 Å². The van der Waals surface area contributed by atoms with Crippen molar-refractivity contribution in [1.82, 2.24) is 0 Å². The van der Waals surface area contributed by atoms with Crippen LogP contribution >= 0.6 is 0 Å². The Hall–Kier alpha value is -4.76. The van der Waals surface area contributed by atoms with Crippen molar-refractivity contribution in [3.05, 3.63) is 103 Å². The number of hydrogen-bond donors (Lipinski definition) is 0. The monoisotopic (exact) mass is 520 g/mol. The maximum absolute atomic E-state index is 6.45. The third-order valence-corrected chi connectivity index (χ3v) is 8.27. The summed E-state index contributed by atoms with van der Waals surface area (Å²) < 4.78 is 18.2. The van der Waals surface area contributed by atoms with Crippen molar-refractivity contribution in [3.63, 3.8) is 0 Å². The van der Waals surface area contributed by atoms with E-state index >= 15 is 0 Å². The van der Waals surface area contributed by atoms with Gasteiger partial charge in [-0.3, -0.25) is 0 Å². The molecule has 2 aromatic heterocycles. The molecule has 6 aromatic carbocycles. The van der Waals surface area contributed by atoms with Crippen molar-refractivity contribution in [1.29, 1.82) is 0 Å². The Bertz CT molecular complexity index is 2270. The first-order valence-electron chi connectivity index (χ1n) is 13.7. The molecule has 40 heavy (non-hydrogen) atoms. The quantitative estimate of drug-likeness (QED) is 0.227. The van der Waals surface area contributed by atoms with Crippen molar-refractivity contribution < 1.29 is 13.6 Å². The molecule has 8 rings (SSSR count). The van der Waals surface area contributed by atoms with Gasteiger partial charge in [0, 0.05) is 21.5 Å². The Balaban J connectivity index is 1.28. The van der Waals surface area contributed by atoms with E-state index in [0.717, 1.165) is 66.1 Å². The summed E-state index contributed by atoms with van der Waals surface area (Å²) in [6.45, 7) is 6.74. The summed E-state index contributed by atoms with van der Waals surface area (Å²) in [4.78, 5) is 0. The number of ether oxygens (including phenoxy) is 1. The molecule has 0 aliphatic rings. The standard InChI is InChI=1S/C37H28O3/c1-37(2,3)27-10-7-24-16-30-32-20-35-31(19-36(32)40-34(30)18-26(24)14-27)29-15-23-6-5-22(13-25(23)17-33(29)39-35)21-8-11-28(38-4)12-9-21/h5-20H,1-4H3. The van der Waals surface area contributed by atoms with Crippen LogP contribution in [0.5, 0.6) is 5.75 Å². The van der Waals surface area contributed by atoms with Crippen LogP contribution in [0.25, 0.3) is 76.5 Å². The molecule has 0 radical (unpaired) electrons. The average molecular weight is 521 g/mol.